The van der Waals surface area contributed by atoms with E-state index in [1.165, 1.54) is 0 Å². The summed E-state index contributed by atoms with van der Waals surface area (Å²) in [6.45, 7) is 0.667. The van der Waals surface area contributed by atoms with Crippen LogP contribution in [0.1, 0.15) is 0 Å². The Balaban J connectivity index is 2.32. The molecule has 0 saturated carbocycles. The van der Waals surface area contributed by atoms with Crippen LogP contribution in [0.3, 0.4) is 0 Å². The second kappa shape index (κ2) is 4.42. The highest BCUT2D eigenvalue weighted by molar-refractivity contribution is 9.09. The number of alkyl halides is 1. The summed E-state index contributed by atoms with van der Waals surface area (Å²) in [5.74, 6) is 0.822. The van der Waals surface area contributed by atoms with Gasteiger partial charge in [0.1, 0.15) is 5.75 Å². The van der Waals surface area contributed by atoms with Gasteiger partial charge in [0.2, 0.25) is 0 Å². The summed E-state index contributed by atoms with van der Waals surface area (Å²) < 4.78 is 5.45. The molecule has 1 heterocycles. The standard InChI is InChI=1S/C11H10BrNO/c12-5-6-14-10-7-9-3-1-2-4-11(9)13-8-10/h1-4,7-8H,5-6H2. The lowest BCUT2D eigenvalue weighted by Gasteiger charge is -2.04. The molecule has 0 atom stereocenters. The van der Waals surface area contributed by atoms with Crippen LogP contribution >= 0.6 is 15.9 Å². The maximum atomic E-state index is 5.45. The topological polar surface area (TPSA) is 22.1 Å². The number of nitrogens with zero attached hydrogens (tertiary/aromatic N) is 1. The first kappa shape index (κ1) is 9.46. The SMILES string of the molecule is BrCCOc1cnc2ccccc2c1. The summed E-state index contributed by atoms with van der Waals surface area (Å²) in [6, 6.07) is 10.0. The predicted molar refractivity (Wildman–Crippen MR) is 61.0 cm³/mol. The van der Waals surface area contributed by atoms with Crippen LogP contribution in [0.4, 0.5) is 0 Å². The van der Waals surface area contributed by atoms with Gasteiger partial charge in [-0.2, -0.15) is 0 Å². The Kier molecular flexibility index (Phi) is 2.99. The molecule has 0 aliphatic heterocycles. The van der Waals surface area contributed by atoms with Crippen molar-refractivity contribution in [1.82, 2.24) is 4.98 Å². The molecule has 14 heavy (non-hydrogen) atoms. The monoisotopic (exact) mass is 251 g/mol. The number of pyridine rings is 1. The van der Waals surface area contributed by atoms with Gasteiger partial charge in [-0.3, -0.25) is 4.98 Å². The molecular formula is C11H10BrNO. The number of hydrogen-bond donors (Lipinski definition) is 0. The minimum atomic E-state index is 0.667. The molecule has 2 nitrogen and oxygen atoms in total. The van der Waals surface area contributed by atoms with Crippen LogP contribution in [0.25, 0.3) is 10.9 Å². The van der Waals surface area contributed by atoms with E-state index < -0.39 is 0 Å². The van der Waals surface area contributed by atoms with Gasteiger partial charge in [-0.05, 0) is 12.1 Å². The summed E-state index contributed by atoms with van der Waals surface area (Å²) in [5.41, 5.74) is 0.999. The Morgan fingerprint density at radius 2 is 2.14 bits per heavy atom. The van der Waals surface area contributed by atoms with Crippen molar-refractivity contribution < 1.29 is 4.74 Å². The largest absolute Gasteiger partial charge is 0.491 e. The fraction of sp³-hybridized carbons (Fsp3) is 0.182. The normalized spacial score (nSPS) is 10.4. The molecule has 2 aromatic rings. The Hall–Kier alpha value is -1.09. The lowest BCUT2D eigenvalue weighted by Crippen LogP contribution is -1.97. The predicted octanol–water partition coefficient (Wildman–Crippen LogP) is 3.01. The number of ether oxygens (including phenoxy) is 1. The molecule has 0 spiro atoms. The van der Waals surface area contributed by atoms with Crippen molar-refractivity contribution in [3.05, 3.63) is 36.5 Å². The fourth-order valence-electron chi connectivity index (χ4n) is 1.29. The molecule has 1 aromatic heterocycles. The minimum Gasteiger partial charge on any atom is -0.491 e. The van der Waals surface area contributed by atoms with Crippen molar-refractivity contribution in [1.29, 1.82) is 0 Å². The van der Waals surface area contributed by atoms with Gasteiger partial charge in [0.15, 0.2) is 0 Å². The van der Waals surface area contributed by atoms with E-state index >= 15 is 0 Å². The fourth-order valence-corrected chi connectivity index (χ4v) is 1.45. The Bertz CT molecular complexity index is 430. The van der Waals surface area contributed by atoms with Crippen molar-refractivity contribution in [2.24, 2.45) is 0 Å². The van der Waals surface area contributed by atoms with Gasteiger partial charge in [0.05, 0.1) is 18.3 Å². The van der Waals surface area contributed by atoms with E-state index in [1.807, 2.05) is 30.3 Å². The van der Waals surface area contributed by atoms with Crippen molar-refractivity contribution in [2.45, 2.75) is 0 Å². The summed E-state index contributed by atoms with van der Waals surface area (Å²) in [7, 11) is 0. The van der Waals surface area contributed by atoms with Gasteiger partial charge in [-0.1, -0.05) is 34.1 Å². The molecule has 1 aromatic carbocycles. The van der Waals surface area contributed by atoms with Crippen LogP contribution in [0.2, 0.25) is 0 Å². The lowest BCUT2D eigenvalue weighted by molar-refractivity contribution is 0.344. The molecule has 72 valence electrons. The van der Waals surface area contributed by atoms with Crippen LogP contribution in [-0.4, -0.2) is 16.9 Å². The van der Waals surface area contributed by atoms with E-state index in [2.05, 4.69) is 20.9 Å². The molecule has 0 aliphatic carbocycles. The first-order valence-electron chi connectivity index (χ1n) is 4.44. The zero-order valence-electron chi connectivity index (χ0n) is 7.61. The van der Waals surface area contributed by atoms with Gasteiger partial charge >= 0.3 is 0 Å². The number of rotatable bonds is 3. The summed E-state index contributed by atoms with van der Waals surface area (Å²) in [5, 5.41) is 1.94. The summed E-state index contributed by atoms with van der Waals surface area (Å²) in [6.07, 6.45) is 1.75. The zero-order valence-corrected chi connectivity index (χ0v) is 9.20. The van der Waals surface area contributed by atoms with Gasteiger partial charge in [-0.15, -0.1) is 0 Å². The quantitative estimate of drug-likeness (QED) is 0.783. The average molecular weight is 252 g/mol. The smallest absolute Gasteiger partial charge is 0.138 e. The zero-order chi connectivity index (χ0) is 9.80. The van der Waals surface area contributed by atoms with Gasteiger partial charge in [-0.25, -0.2) is 0 Å². The third-order valence-corrected chi connectivity index (χ3v) is 2.24. The first-order valence-corrected chi connectivity index (χ1v) is 5.56. The minimum absolute atomic E-state index is 0.667. The number of fused-ring (bicyclic) bond motifs is 1. The molecule has 0 bridgehead atoms. The molecule has 3 heteroatoms. The Morgan fingerprint density at radius 3 is 3.00 bits per heavy atom. The molecule has 0 aliphatic rings. The van der Waals surface area contributed by atoms with E-state index in [4.69, 9.17) is 4.74 Å². The van der Waals surface area contributed by atoms with E-state index in [9.17, 15) is 0 Å². The highest BCUT2D eigenvalue weighted by Gasteiger charge is 1.96. The van der Waals surface area contributed by atoms with E-state index in [1.54, 1.807) is 6.20 Å². The Labute approximate surface area is 91.0 Å². The van der Waals surface area contributed by atoms with Gasteiger partial charge in [0.25, 0.3) is 0 Å². The lowest BCUT2D eigenvalue weighted by atomic mass is 10.2. The number of benzene rings is 1. The third-order valence-electron chi connectivity index (χ3n) is 1.91. The van der Waals surface area contributed by atoms with E-state index in [0.29, 0.717) is 6.61 Å². The molecule has 0 saturated heterocycles. The van der Waals surface area contributed by atoms with Crippen molar-refractivity contribution in [3.8, 4) is 5.75 Å². The molecular weight excluding hydrogens is 242 g/mol. The van der Waals surface area contributed by atoms with Gasteiger partial charge < -0.3 is 4.74 Å². The maximum absolute atomic E-state index is 5.45. The van der Waals surface area contributed by atoms with Crippen LogP contribution in [0.5, 0.6) is 5.75 Å². The molecule has 0 N–H and O–H groups in total. The number of para-hydroxylation sites is 1. The van der Waals surface area contributed by atoms with E-state index in [-0.39, 0.29) is 0 Å². The van der Waals surface area contributed by atoms with E-state index in [0.717, 1.165) is 22.0 Å². The van der Waals surface area contributed by atoms with Crippen molar-refractivity contribution in [3.63, 3.8) is 0 Å². The van der Waals surface area contributed by atoms with Crippen molar-refractivity contribution >= 4 is 26.8 Å². The third kappa shape index (κ3) is 2.04. The maximum Gasteiger partial charge on any atom is 0.138 e. The second-order valence-electron chi connectivity index (χ2n) is 2.90. The van der Waals surface area contributed by atoms with Crippen LogP contribution < -0.4 is 4.74 Å². The van der Waals surface area contributed by atoms with Crippen LogP contribution in [0.15, 0.2) is 36.5 Å². The highest BCUT2D eigenvalue weighted by atomic mass is 79.9. The molecule has 2 rings (SSSR count). The van der Waals surface area contributed by atoms with Gasteiger partial charge in [0, 0.05) is 10.7 Å². The number of aromatic nitrogens is 1. The molecule has 0 radical (unpaired) electrons. The number of hydrogen-bond acceptors (Lipinski definition) is 2. The first-order chi connectivity index (χ1) is 6.90. The second-order valence-corrected chi connectivity index (χ2v) is 3.69. The molecule has 0 unspecified atom stereocenters. The number of halogens is 1. The van der Waals surface area contributed by atoms with Crippen molar-refractivity contribution in [2.75, 3.05) is 11.9 Å². The summed E-state index contributed by atoms with van der Waals surface area (Å²) in [4.78, 5) is 4.29. The molecule has 0 fully saturated rings. The average Bonchev–Trinajstić information content (AvgIpc) is 2.26. The summed E-state index contributed by atoms with van der Waals surface area (Å²) >= 11 is 3.31. The van der Waals surface area contributed by atoms with Crippen LogP contribution in [-0.2, 0) is 0 Å². The molecule has 0 amide bonds. The Morgan fingerprint density at radius 1 is 1.29 bits per heavy atom. The van der Waals surface area contributed by atoms with Crippen LogP contribution in [0, 0.1) is 0 Å². The highest BCUT2D eigenvalue weighted by Crippen LogP contribution is 2.17.